The van der Waals surface area contributed by atoms with Gasteiger partial charge in [0.25, 0.3) is 5.69 Å². The summed E-state index contributed by atoms with van der Waals surface area (Å²) < 4.78 is 21.4. The first-order valence-electron chi connectivity index (χ1n) is 7.64. The van der Waals surface area contributed by atoms with E-state index in [1.165, 1.54) is 31.6 Å². The number of rotatable bonds is 7. The molecule has 0 spiro atoms. The maximum atomic E-state index is 10.9. The van der Waals surface area contributed by atoms with E-state index in [1.54, 1.807) is 7.11 Å². The van der Waals surface area contributed by atoms with Crippen LogP contribution in [0.1, 0.15) is 5.69 Å². The molecule has 3 rings (SSSR count). The minimum atomic E-state index is -0.496. The highest BCUT2D eigenvalue weighted by atomic mass is 16.6. The number of nitro benzene ring substituents is 1. The predicted molar refractivity (Wildman–Crippen MR) is 92.5 cm³/mol. The molecule has 0 fully saturated rings. The molecule has 26 heavy (non-hydrogen) atoms. The van der Waals surface area contributed by atoms with Gasteiger partial charge in [-0.05, 0) is 30.3 Å². The van der Waals surface area contributed by atoms with E-state index in [4.69, 9.17) is 18.6 Å². The molecule has 0 N–H and O–H groups in total. The SMILES string of the molecule is COc1ccc(-c2nc(COc3cc([N+](=O)[O-])ccc3OC)co2)cc1. The number of oxazole rings is 1. The number of nitro groups is 1. The molecular formula is C18H16N2O6. The first kappa shape index (κ1) is 17.3. The highest BCUT2D eigenvalue weighted by molar-refractivity contribution is 5.54. The van der Waals surface area contributed by atoms with Crippen LogP contribution in [0.4, 0.5) is 5.69 Å². The highest BCUT2D eigenvalue weighted by Crippen LogP contribution is 2.32. The van der Waals surface area contributed by atoms with Gasteiger partial charge >= 0.3 is 0 Å². The summed E-state index contributed by atoms with van der Waals surface area (Å²) in [6.07, 6.45) is 1.48. The average molecular weight is 356 g/mol. The smallest absolute Gasteiger partial charge is 0.273 e. The molecule has 0 saturated carbocycles. The van der Waals surface area contributed by atoms with Crippen molar-refractivity contribution in [2.75, 3.05) is 14.2 Å². The second kappa shape index (κ2) is 7.56. The van der Waals surface area contributed by atoms with Crippen molar-refractivity contribution in [2.24, 2.45) is 0 Å². The van der Waals surface area contributed by atoms with Gasteiger partial charge in [-0.2, -0.15) is 0 Å². The molecule has 2 aromatic carbocycles. The highest BCUT2D eigenvalue weighted by Gasteiger charge is 2.14. The molecule has 1 heterocycles. The Bertz CT molecular complexity index is 904. The fraction of sp³-hybridized carbons (Fsp3) is 0.167. The molecule has 8 nitrogen and oxygen atoms in total. The summed E-state index contributed by atoms with van der Waals surface area (Å²) in [6.45, 7) is 0.0805. The number of benzene rings is 2. The Morgan fingerprint density at radius 3 is 2.50 bits per heavy atom. The average Bonchev–Trinajstić information content (AvgIpc) is 3.15. The maximum absolute atomic E-state index is 10.9. The maximum Gasteiger partial charge on any atom is 0.273 e. The summed E-state index contributed by atoms with van der Waals surface area (Å²) in [5, 5.41) is 10.9. The lowest BCUT2D eigenvalue weighted by Crippen LogP contribution is -1.99. The van der Waals surface area contributed by atoms with Gasteiger partial charge in [0.2, 0.25) is 5.89 Å². The first-order chi connectivity index (χ1) is 12.6. The normalized spacial score (nSPS) is 10.4. The molecule has 0 radical (unpaired) electrons. The Balaban J connectivity index is 1.73. The molecule has 1 aromatic heterocycles. The third-order valence-corrected chi connectivity index (χ3v) is 3.62. The Morgan fingerprint density at radius 1 is 1.08 bits per heavy atom. The van der Waals surface area contributed by atoms with Crippen LogP contribution in [0.25, 0.3) is 11.5 Å². The topological polar surface area (TPSA) is 96.9 Å². The van der Waals surface area contributed by atoms with Crippen molar-refractivity contribution < 1.29 is 23.6 Å². The molecule has 0 aliphatic rings. The van der Waals surface area contributed by atoms with Crippen LogP contribution in [0.15, 0.2) is 53.1 Å². The number of methoxy groups -OCH3 is 2. The summed E-state index contributed by atoms with van der Waals surface area (Å²) >= 11 is 0. The van der Waals surface area contributed by atoms with E-state index in [0.717, 1.165) is 11.3 Å². The van der Waals surface area contributed by atoms with E-state index in [-0.39, 0.29) is 18.0 Å². The largest absolute Gasteiger partial charge is 0.497 e. The van der Waals surface area contributed by atoms with Crippen LogP contribution in [0, 0.1) is 10.1 Å². The zero-order chi connectivity index (χ0) is 18.5. The van der Waals surface area contributed by atoms with Crippen LogP contribution in [0.2, 0.25) is 0 Å². The fourth-order valence-corrected chi connectivity index (χ4v) is 2.28. The Labute approximate surface area is 149 Å². The van der Waals surface area contributed by atoms with Gasteiger partial charge in [-0.25, -0.2) is 4.98 Å². The van der Waals surface area contributed by atoms with Crippen molar-refractivity contribution in [2.45, 2.75) is 6.61 Å². The Hall–Kier alpha value is -3.55. The van der Waals surface area contributed by atoms with E-state index in [2.05, 4.69) is 4.98 Å². The van der Waals surface area contributed by atoms with Gasteiger partial charge in [0.15, 0.2) is 11.5 Å². The van der Waals surface area contributed by atoms with Gasteiger partial charge in [0.1, 0.15) is 24.3 Å². The van der Waals surface area contributed by atoms with Crippen LogP contribution in [0.3, 0.4) is 0 Å². The number of aromatic nitrogens is 1. The van der Waals surface area contributed by atoms with Crippen molar-refractivity contribution in [3.8, 4) is 28.7 Å². The standard InChI is InChI=1S/C18H16N2O6/c1-23-15-6-3-12(4-7-15)18-19-13(11-26-18)10-25-17-9-14(20(21)22)5-8-16(17)24-2/h3-9,11H,10H2,1-2H3. The molecular weight excluding hydrogens is 340 g/mol. The molecule has 0 unspecified atom stereocenters. The molecule has 0 atom stereocenters. The minimum absolute atomic E-state index is 0.0805. The predicted octanol–water partition coefficient (Wildman–Crippen LogP) is 3.85. The minimum Gasteiger partial charge on any atom is -0.497 e. The summed E-state index contributed by atoms with van der Waals surface area (Å²) in [6, 6.07) is 11.4. The van der Waals surface area contributed by atoms with Gasteiger partial charge in [-0.1, -0.05) is 0 Å². The summed E-state index contributed by atoms with van der Waals surface area (Å²) in [4.78, 5) is 14.8. The molecule has 0 saturated heterocycles. The van der Waals surface area contributed by atoms with Crippen molar-refractivity contribution >= 4 is 5.69 Å². The Kier molecular flexibility index (Phi) is 5.02. The summed E-state index contributed by atoms with van der Waals surface area (Å²) in [5.74, 6) is 1.84. The lowest BCUT2D eigenvalue weighted by atomic mass is 10.2. The molecule has 0 aliphatic carbocycles. The van der Waals surface area contributed by atoms with Crippen LogP contribution in [-0.4, -0.2) is 24.1 Å². The van der Waals surface area contributed by atoms with Crippen molar-refractivity contribution in [1.29, 1.82) is 0 Å². The quantitative estimate of drug-likeness (QED) is 0.468. The number of hydrogen-bond donors (Lipinski definition) is 0. The van der Waals surface area contributed by atoms with Gasteiger partial charge in [0.05, 0.1) is 25.2 Å². The van der Waals surface area contributed by atoms with Gasteiger partial charge < -0.3 is 18.6 Å². The van der Waals surface area contributed by atoms with E-state index >= 15 is 0 Å². The Morgan fingerprint density at radius 2 is 1.85 bits per heavy atom. The molecule has 0 bridgehead atoms. The number of nitrogens with zero attached hydrogens (tertiary/aromatic N) is 2. The summed E-state index contributed by atoms with van der Waals surface area (Å²) in [5.41, 5.74) is 1.26. The van der Waals surface area contributed by atoms with Gasteiger partial charge in [-0.3, -0.25) is 10.1 Å². The molecule has 0 aliphatic heterocycles. The van der Waals surface area contributed by atoms with E-state index < -0.39 is 4.92 Å². The van der Waals surface area contributed by atoms with Gasteiger partial charge in [-0.15, -0.1) is 0 Å². The lowest BCUT2D eigenvalue weighted by Gasteiger charge is -2.08. The van der Waals surface area contributed by atoms with E-state index in [0.29, 0.717) is 17.3 Å². The summed E-state index contributed by atoms with van der Waals surface area (Å²) in [7, 11) is 3.06. The monoisotopic (exact) mass is 356 g/mol. The number of hydrogen-bond acceptors (Lipinski definition) is 7. The second-order valence-electron chi connectivity index (χ2n) is 5.25. The molecule has 0 amide bonds. The number of ether oxygens (including phenoxy) is 3. The third-order valence-electron chi connectivity index (χ3n) is 3.62. The van der Waals surface area contributed by atoms with Crippen LogP contribution < -0.4 is 14.2 Å². The number of non-ortho nitro benzene ring substituents is 1. The van der Waals surface area contributed by atoms with Crippen LogP contribution in [-0.2, 0) is 6.61 Å². The third kappa shape index (κ3) is 3.75. The molecule has 134 valence electrons. The first-order valence-corrected chi connectivity index (χ1v) is 7.64. The molecule has 8 heteroatoms. The zero-order valence-electron chi connectivity index (χ0n) is 14.2. The fourth-order valence-electron chi connectivity index (χ4n) is 2.28. The molecule has 3 aromatic rings. The van der Waals surface area contributed by atoms with E-state index in [1.807, 2.05) is 24.3 Å². The zero-order valence-corrected chi connectivity index (χ0v) is 14.2. The van der Waals surface area contributed by atoms with Gasteiger partial charge in [0, 0.05) is 11.6 Å². The second-order valence-corrected chi connectivity index (χ2v) is 5.25. The van der Waals surface area contributed by atoms with Crippen molar-refractivity contribution in [1.82, 2.24) is 4.98 Å². The lowest BCUT2D eigenvalue weighted by molar-refractivity contribution is -0.385. The van der Waals surface area contributed by atoms with Crippen LogP contribution >= 0.6 is 0 Å². The van der Waals surface area contributed by atoms with Crippen molar-refractivity contribution in [3.05, 3.63) is 64.5 Å². The van der Waals surface area contributed by atoms with E-state index in [9.17, 15) is 10.1 Å². The van der Waals surface area contributed by atoms with Crippen LogP contribution in [0.5, 0.6) is 17.2 Å². The van der Waals surface area contributed by atoms with Crippen molar-refractivity contribution in [3.63, 3.8) is 0 Å².